The van der Waals surface area contributed by atoms with Gasteiger partial charge in [0.1, 0.15) is 5.58 Å². The maximum absolute atomic E-state index is 12.9. The molecule has 8 heteroatoms. The molecule has 0 spiro atoms. The van der Waals surface area contributed by atoms with E-state index >= 15 is 0 Å². The Labute approximate surface area is 187 Å². The number of hydrogen-bond acceptors (Lipinski definition) is 5. The molecule has 2 aromatic carbocycles. The van der Waals surface area contributed by atoms with Crippen LogP contribution in [0.1, 0.15) is 41.4 Å². The number of nitrogens with zero attached hydrogens (tertiary/aromatic N) is 1. The van der Waals surface area contributed by atoms with Crippen LogP contribution in [0.2, 0.25) is 0 Å². The molecule has 1 amide bonds. The third kappa shape index (κ3) is 4.33. The van der Waals surface area contributed by atoms with E-state index in [1.165, 1.54) is 34.6 Å². The lowest BCUT2D eigenvalue weighted by atomic mass is 10.0. The van der Waals surface area contributed by atoms with Gasteiger partial charge >= 0.3 is 0 Å². The number of aryl methyl sites for hydroxylation is 2. The topological polar surface area (TPSA) is 96.7 Å². The number of amides is 1. The first-order chi connectivity index (χ1) is 15.1. The molecule has 1 saturated heterocycles. The monoisotopic (exact) mass is 454 g/mol. The molecule has 1 fully saturated rings. The SMILES string of the molecule is Cc1cc(C)c2c(=O)cc(C(=O)Nc3ccc(S(=O)(=O)N4CCC(C)CC4)cc3)oc2c1. The molecule has 0 atom stereocenters. The van der Waals surface area contributed by atoms with Crippen molar-refractivity contribution in [3.8, 4) is 0 Å². The predicted octanol–water partition coefficient (Wildman–Crippen LogP) is 4.08. The largest absolute Gasteiger partial charge is 0.451 e. The minimum atomic E-state index is -3.56. The Kier molecular flexibility index (Phi) is 5.92. The molecule has 7 nitrogen and oxygen atoms in total. The van der Waals surface area contributed by atoms with Crippen molar-refractivity contribution in [2.75, 3.05) is 18.4 Å². The lowest BCUT2D eigenvalue weighted by molar-refractivity contribution is 0.0997. The van der Waals surface area contributed by atoms with Crippen LogP contribution in [0.25, 0.3) is 11.0 Å². The number of piperidine rings is 1. The van der Waals surface area contributed by atoms with E-state index in [-0.39, 0.29) is 16.1 Å². The molecule has 1 aliphatic rings. The average molecular weight is 455 g/mol. The molecule has 0 radical (unpaired) electrons. The van der Waals surface area contributed by atoms with E-state index in [0.717, 1.165) is 24.0 Å². The molecular formula is C24H26N2O5S. The van der Waals surface area contributed by atoms with Crippen molar-refractivity contribution in [1.29, 1.82) is 0 Å². The second-order valence-corrected chi connectivity index (χ2v) is 10.4. The van der Waals surface area contributed by atoms with Gasteiger partial charge in [0.25, 0.3) is 5.91 Å². The number of fused-ring (bicyclic) bond motifs is 1. The van der Waals surface area contributed by atoms with Crippen LogP contribution in [0.4, 0.5) is 5.69 Å². The van der Waals surface area contributed by atoms with Crippen LogP contribution in [-0.2, 0) is 10.0 Å². The molecule has 0 unspecified atom stereocenters. The van der Waals surface area contributed by atoms with Gasteiger partial charge in [-0.3, -0.25) is 9.59 Å². The molecule has 0 saturated carbocycles. The normalized spacial score (nSPS) is 15.7. The maximum atomic E-state index is 12.9. The Morgan fingerprint density at radius 2 is 1.72 bits per heavy atom. The summed E-state index contributed by atoms with van der Waals surface area (Å²) in [6.45, 7) is 6.87. The van der Waals surface area contributed by atoms with Crippen molar-refractivity contribution < 1.29 is 17.6 Å². The standard InChI is InChI=1S/C24H26N2O5S/c1-15-8-10-26(11-9-15)32(29,30)19-6-4-18(5-7-19)25-24(28)22-14-20(27)23-17(3)12-16(2)13-21(23)31-22/h4-7,12-15H,8-11H2,1-3H3,(H,25,28). The van der Waals surface area contributed by atoms with Crippen molar-refractivity contribution >= 4 is 32.6 Å². The van der Waals surface area contributed by atoms with Crippen LogP contribution in [0.3, 0.4) is 0 Å². The highest BCUT2D eigenvalue weighted by molar-refractivity contribution is 7.89. The molecule has 3 aromatic rings. The quantitative estimate of drug-likeness (QED) is 0.641. The zero-order chi connectivity index (χ0) is 23.0. The lowest BCUT2D eigenvalue weighted by Gasteiger charge is -2.29. The maximum Gasteiger partial charge on any atom is 0.291 e. The first-order valence-electron chi connectivity index (χ1n) is 10.6. The van der Waals surface area contributed by atoms with Crippen molar-refractivity contribution in [1.82, 2.24) is 4.31 Å². The minimum absolute atomic E-state index is 0.105. The zero-order valence-corrected chi connectivity index (χ0v) is 19.2. The second kappa shape index (κ2) is 8.52. The number of benzene rings is 2. The molecule has 4 rings (SSSR count). The van der Waals surface area contributed by atoms with E-state index in [2.05, 4.69) is 12.2 Å². The Balaban J connectivity index is 1.54. The third-order valence-electron chi connectivity index (χ3n) is 5.89. The number of hydrogen-bond donors (Lipinski definition) is 1. The Morgan fingerprint density at radius 3 is 2.38 bits per heavy atom. The molecule has 2 heterocycles. The van der Waals surface area contributed by atoms with Gasteiger partial charge in [-0.2, -0.15) is 4.31 Å². The van der Waals surface area contributed by atoms with Crippen LogP contribution >= 0.6 is 0 Å². The number of rotatable bonds is 4. The van der Waals surface area contributed by atoms with Gasteiger partial charge in [-0.05, 0) is 74.1 Å². The van der Waals surface area contributed by atoms with Crippen LogP contribution in [0.15, 0.2) is 56.6 Å². The van der Waals surface area contributed by atoms with Gasteiger partial charge in [-0.15, -0.1) is 0 Å². The Morgan fingerprint density at radius 1 is 1.06 bits per heavy atom. The fourth-order valence-corrected chi connectivity index (χ4v) is 5.52. The molecule has 1 N–H and O–H groups in total. The van der Waals surface area contributed by atoms with Gasteiger partial charge in [0.05, 0.1) is 10.3 Å². The summed E-state index contributed by atoms with van der Waals surface area (Å²) in [5.74, 6) is -0.155. The Hall–Kier alpha value is -2.97. The smallest absolute Gasteiger partial charge is 0.291 e. The first kappa shape index (κ1) is 22.2. The van der Waals surface area contributed by atoms with E-state index in [4.69, 9.17) is 4.42 Å². The summed E-state index contributed by atoms with van der Waals surface area (Å²) in [7, 11) is -3.56. The summed E-state index contributed by atoms with van der Waals surface area (Å²) < 4.78 is 32.9. The van der Waals surface area contributed by atoms with Gasteiger partial charge in [0.15, 0.2) is 11.2 Å². The molecule has 0 bridgehead atoms. The molecular weight excluding hydrogens is 428 g/mol. The van der Waals surface area contributed by atoms with Gasteiger partial charge < -0.3 is 9.73 Å². The predicted molar refractivity (Wildman–Crippen MR) is 124 cm³/mol. The van der Waals surface area contributed by atoms with Crippen LogP contribution in [0.5, 0.6) is 0 Å². The van der Waals surface area contributed by atoms with Crippen molar-refractivity contribution in [2.45, 2.75) is 38.5 Å². The summed E-state index contributed by atoms with van der Waals surface area (Å²) in [6.07, 6.45) is 1.70. The molecule has 32 heavy (non-hydrogen) atoms. The summed E-state index contributed by atoms with van der Waals surface area (Å²) >= 11 is 0. The zero-order valence-electron chi connectivity index (χ0n) is 18.3. The summed E-state index contributed by atoms with van der Waals surface area (Å²) in [5.41, 5.74) is 2.20. The summed E-state index contributed by atoms with van der Waals surface area (Å²) in [4.78, 5) is 25.4. The molecule has 1 aliphatic heterocycles. The van der Waals surface area contributed by atoms with Gasteiger partial charge in [-0.1, -0.05) is 13.0 Å². The van der Waals surface area contributed by atoms with E-state index in [9.17, 15) is 18.0 Å². The number of carbonyl (C=O) groups is 1. The van der Waals surface area contributed by atoms with Gasteiger partial charge in [-0.25, -0.2) is 8.42 Å². The molecule has 0 aliphatic carbocycles. The second-order valence-electron chi connectivity index (χ2n) is 8.49. The van der Waals surface area contributed by atoms with Crippen LogP contribution in [-0.4, -0.2) is 31.7 Å². The number of sulfonamides is 1. The number of anilines is 1. The van der Waals surface area contributed by atoms with E-state index < -0.39 is 15.9 Å². The fraction of sp³-hybridized carbons (Fsp3) is 0.333. The number of carbonyl (C=O) groups excluding carboxylic acids is 1. The highest BCUT2D eigenvalue weighted by Gasteiger charge is 2.28. The highest BCUT2D eigenvalue weighted by Crippen LogP contribution is 2.25. The minimum Gasteiger partial charge on any atom is -0.451 e. The van der Waals surface area contributed by atoms with Crippen molar-refractivity contribution in [2.24, 2.45) is 5.92 Å². The van der Waals surface area contributed by atoms with Crippen LogP contribution < -0.4 is 10.7 Å². The van der Waals surface area contributed by atoms with Crippen molar-refractivity contribution in [3.05, 3.63) is 69.6 Å². The van der Waals surface area contributed by atoms with Gasteiger partial charge in [0, 0.05) is 24.8 Å². The number of nitrogens with one attached hydrogen (secondary N) is 1. The highest BCUT2D eigenvalue weighted by atomic mass is 32.2. The van der Waals surface area contributed by atoms with E-state index in [1.807, 2.05) is 19.9 Å². The van der Waals surface area contributed by atoms with Gasteiger partial charge in [0.2, 0.25) is 10.0 Å². The van der Waals surface area contributed by atoms with Crippen LogP contribution in [0, 0.1) is 19.8 Å². The molecule has 1 aromatic heterocycles. The first-order valence-corrected chi connectivity index (χ1v) is 12.1. The average Bonchev–Trinajstić information content (AvgIpc) is 2.73. The summed E-state index contributed by atoms with van der Waals surface area (Å²) in [6, 6.07) is 10.8. The van der Waals surface area contributed by atoms with Crippen molar-refractivity contribution in [3.63, 3.8) is 0 Å². The molecule has 168 valence electrons. The third-order valence-corrected chi connectivity index (χ3v) is 7.80. The fourth-order valence-electron chi connectivity index (χ4n) is 4.05. The summed E-state index contributed by atoms with van der Waals surface area (Å²) in [5, 5.41) is 3.12. The Bertz CT molecular complexity index is 1340. The van der Waals surface area contributed by atoms with E-state index in [0.29, 0.717) is 35.7 Å². The van der Waals surface area contributed by atoms with E-state index in [1.54, 1.807) is 6.07 Å². The lowest BCUT2D eigenvalue weighted by Crippen LogP contribution is -2.37.